The molecule has 4 nitrogen and oxygen atoms in total. The lowest BCUT2D eigenvalue weighted by Crippen LogP contribution is -2.48. The Labute approximate surface area is 138 Å². The molecule has 23 heavy (non-hydrogen) atoms. The third kappa shape index (κ3) is 3.46. The summed E-state index contributed by atoms with van der Waals surface area (Å²) in [7, 11) is 0. The second-order valence-corrected chi connectivity index (χ2v) is 7.94. The van der Waals surface area contributed by atoms with Crippen molar-refractivity contribution in [3.8, 4) is 5.75 Å². The van der Waals surface area contributed by atoms with Crippen molar-refractivity contribution in [3.63, 3.8) is 0 Å². The van der Waals surface area contributed by atoms with Crippen molar-refractivity contribution in [2.24, 2.45) is 5.92 Å². The SMILES string of the molecule is CC(C)(C)OC(=O)N1CCC(C2(C)Cc3ccccc3O2)CC1. The van der Waals surface area contributed by atoms with Crippen LogP contribution in [0, 0.1) is 5.92 Å². The Morgan fingerprint density at radius 2 is 1.91 bits per heavy atom. The van der Waals surface area contributed by atoms with Crippen LogP contribution in [0.15, 0.2) is 24.3 Å². The molecule has 1 aromatic rings. The molecule has 1 aromatic carbocycles. The van der Waals surface area contributed by atoms with Gasteiger partial charge in [0.2, 0.25) is 0 Å². The molecule has 1 atom stereocenters. The summed E-state index contributed by atoms with van der Waals surface area (Å²) in [5, 5.41) is 0. The van der Waals surface area contributed by atoms with Gasteiger partial charge >= 0.3 is 6.09 Å². The third-order valence-electron chi connectivity index (χ3n) is 4.87. The largest absolute Gasteiger partial charge is 0.487 e. The molecular formula is C19H27NO3. The molecule has 0 radical (unpaired) electrons. The van der Waals surface area contributed by atoms with Crippen molar-refractivity contribution < 1.29 is 14.3 Å². The first-order valence-electron chi connectivity index (χ1n) is 8.52. The lowest BCUT2D eigenvalue weighted by molar-refractivity contribution is -0.00822. The fourth-order valence-corrected chi connectivity index (χ4v) is 3.64. The van der Waals surface area contributed by atoms with E-state index in [0.29, 0.717) is 5.92 Å². The predicted octanol–water partition coefficient (Wildman–Crippen LogP) is 4.03. The van der Waals surface area contributed by atoms with Crippen LogP contribution in [0.3, 0.4) is 0 Å². The number of hydrogen-bond donors (Lipinski definition) is 0. The fourth-order valence-electron chi connectivity index (χ4n) is 3.64. The van der Waals surface area contributed by atoms with Crippen LogP contribution in [0.1, 0.15) is 46.1 Å². The van der Waals surface area contributed by atoms with Crippen LogP contribution < -0.4 is 4.74 Å². The monoisotopic (exact) mass is 317 g/mol. The third-order valence-corrected chi connectivity index (χ3v) is 4.87. The summed E-state index contributed by atoms with van der Waals surface area (Å²) in [6.45, 7) is 9.41. The number of ether oxygens (including phenoxy) is 2. The molecule has 2 heterocycles. The second-order valence-electron chi connectivity index (χ2n) is 7.94. The van der Waals surface area contributed by atoms with E-state index in [1.807, 2.05) is 31.7 Å². The number of hydrogen-bond acceptors (Lipinski definition) is 3. The highest BCUT2D eigenvalue weighted by Crippen LogP contribution is 2.42. The molecule has 1 unspecified atom stereocenters. The Hall–Kier alpha value is -1.71. The highest BCUT2D eigenvalue weighted by Gasteiger charge is 2.43. The average Bonchev–Trinajstić information content (AvgIpc) is 2.83. The molecule has 1 fully saturated rings. The average molecular weight is 317 g/mol. The second kappa shape index (κ2) is 5.73. The molecule has 126 valence electrons. The highest BCUT2D eigenvalue weighted by atomic mass is 16.6. The zero-order valence-corrected chi connectivity index (χ0v) is 14.6. The van der Waals surface area contributed by atoms with E-state index in [1.165, 1.54) is 5.56 Å². The van der Waals surface area contributed by atoms with E-state index in [-0.39, 0.29) is 11.7 Å². The first-order valence-corrected chi connectivity index (χ1v) is 8.52. The lowest BCUT2D eigenvalue weighted by Gasteiger charge is -2.40. The van der Waals surface area contributed by atoms with Gasteiger partial charge in [0.25, 0.3) is 0 Å². The van der Waals surface area contributed by atoms with Crippen molar-refractivity contribution in [2.75, 3.05) is 13.1 Å². The summed E-state index contributed by atoms with van der Waals surface area (Å²) in [6, 6.07) is 8.29. The number of rotatable bonds is 1. The summed E-state index contributed by atoms with van der Waals surface area (Å²) in [5.74, 6) is 1.48. The Bertz CT molecular complexity index is 558. The van der Waals surface area contributed by atoms with Crippen molar-refractivity contribution >= 4 is 6.09 Å². The molecule has 0 saturated carbocycles. The van der Waals surface area contributed by atoms with Crippen LogP contribution >= 0.6 is 0 Å². The van der Waals surface area contributed by atoms with Gasteiger partial charge in [0, 0.05) is 25.4 Å². The van der Waals surface area contributed by atoms with Gasteiger partial charge in [-0.2, -0.15) is 0 Å². The molecular weight excluding hydrogens is 290 g/mol. The predicted molar refractivity (Wildman–Crippen MR) is 89.7 cm³/mol. The zero-order chi connectivity index (χ0) is 16.7. The molecule has 0 spiro atoms. The van der Waals surface area contributed by atoms with Gasteiger partial charge in [-0.3, -0.25) is 0 Å². The van der Waals surface area contributed by atoms with Crippen molar-refractivity contribution in [3.05, 3.63) is 29.8 Å². The summed E-state index contributed by atoms with van der Waals surface area (Å²) in [6.07, 6.45) is 2.69. The number of carbonyl (C=O) groups is 1. The van der Waals surface area contributed by atoms with Gasteiger partial charge in [-0.05, 0) is 52.2 Å². The number of benzene rings is 1. The van der Waals surface area contributed by atoms with E-state index in [1.54, 1.807) is 0 Å². The first-order chi connectivity index (χ1) is 10.8. The number of likely N-dealkylation sites (tertiary alicyclic amines) is 1. The maximum Gasteiger partial charge on any atom is 0.410 e. The Morgan fingerprint density at radius 1 is 1.26 bits per heavy atom. The van der Waals surface area contributed by atoms with E-state index < -0.39 is 5.60 Å². The molecule has 0 bridgehead atoms. The van der Waals surface area contributed by atoms with Crippen LogP contribution in [0.4, 0.5) is 4.79 Å². The smallest absolute Gasteiger partial charge is 0.410 e. The van der Waals surface area contributed by atoms with Crippen LogP contribution in [0.2, 0.25) is 0 Å². The molecule has 4 heteroatoms. The summed E-state index contributed by atoms with van der Waals surface area (Å²) >= 11 is 0. The van der Waals surface area contributed by atoms with Crippen LogP contribution in [-0.2, 0) is 11.2 Å². The van der Waals surface area contributed by atoms with E-state index >= 15 is 0 Å². The normalized spacial score (nSPS) is 25.0. The molecule has 1 saturated heterocycles. The fraction of sp³-hybridized carbons (Fsp3) is 0.632. The molecule has 3 rings (SSSR count). The van der Waals surface area contributed by atoms with Gasteiger partial charge in [0.15, 0.2) is 0 Å². The minimum atomic E-state index is -0.434. The van der Waals surface area contributed by atoms with E-state index in [2.05, 4.69) is 25.1 Å². The number of fused-ring (bicyclic) bond motifs is 1. The van der Waals surface area contributed by atoms with Crippen molar-refractivity contribution in [1.82, 2.24) is 4.90 Å². The topological polar surface area (TPSA) is 38.8 Å². The summed E-state index contributed by atoms with van der Waals surface area (Å²) in [4.78, 5) is 14.0. The van der Waals surface area contributed by atoms with Crippen molar-refractivity contribution in [2.45, 2.75) is 58.2 Å². The quantitative estimate of drug-likeness (QED) is 0.785. The van der Waals surface area contributed by atoms with Gasteiger partial charge in [-0.1, -0.05) is 18.2 Å². The van der Waals surface area contributed by atoms with Crippen LogP contribution in [0.5, 0.6) is 5.75 Å². The van der Waals surface area contributed by atoms with Crippen LogP contribution in [0.25, 0.3) is 0 Å². The number of piperidine rings is 1. The van der Waals surface area contributed by atoms with Gasteiger partial charge in [0.1, 0.15) is 17.0 Å². The van der Waals surface area contributed by atoms with Crippen LogP contribution in [-0.4, -0.2) is 35.3 Å². The minimum absolute atomic E-state index is 0.149. The Morgan fingerprint density at radius 3 is 2.52 bits per heavy atom. The molecule has 0 aromatic heterocycles. The number of nitrogens with zero attached hydrogens (tertiary/aromatic N) is 1. The Kier molecular flexibility index (Phi) is 4.03. The zero-order valence-electron chi connectivity index (χ0n) is 14.6. The maximum atomic E-state index is 12.2. The van der Waals surface area contributed by atoms with E-state index in [4.69, 9.17) is 9.47 Å². The van der Waals surface area contributed by atoms with E-state index in [0.717, 1.165) is 38.1 Å². The molecule has 2 aliphatic heterocycles. The Balaban J connectivity index is 1.59. The number of para-hydroxylation sites is 1. The minimum Gasteiger partial charge on any atom is -0.487 e. The highest BCUT2D eigenvalue weighted by molar-refractivity contribution is 5.68. The maximum absolute atomic E-state index is 12.2. The van der Waals surface area contributed by atoms with Gasteiger partial charge in [0.05, 0.1) is 0 Å². The standard InChI is InChI=1S/C19H27NO3/c1-18(2,3)23-17(21)20-11-9-15(10-12-20)19(4)13-14-7-5-6-8-16(14)22-19/h5-8,15H,9-13H2,1-4H3. The molecule has 0 N–H and O–H groups in total. The molecule has 1 amide bonds. The number of amides is 1. The molecule has 0 aliphatic carbocycles. The van der Waals surface area contributed by atoms with Gasteiger partial charge < -0.3 is 14.4 Å². The van der Waals surface area contributed by atoms with E-state index in [9.17, 15) is 4.79 Å². The van der Waals surface area contributed by atoms with Crippen molar-refractivity contribution in [1.29, 1.82) is 0 Å². The van der Waals surface area contributed by atoms with Gasteiger partial charge in [-0.15, -0.1) is 0 Å². The summed E-state index contributed by atoms with van der Waals surface area (Å²) in [5.41, 5.74) is 0.712. The molecule has 2 aliphatic rings. The van der Waals surface area contributed by atoms with Gasteiger partial charge in [-0.25, -0.2) is 4.79 Å². The lowest BCUT2D eigenvalue weighted by atomic mass is 9.79. The number of carbonyl (C=O) groups excluding carboxylic acids is 1. The first kappa shape index (κ1) is 16.2. The summed E-state index contributed by atoms with van der Waals surface area (Å²) < 4.78 is 11.7.